The SMILES string of the molecule is CC(=O)[C@H]1O[C@@H](n2ccc(N)nc2=O)C(F)(F)[C@@H]1O. The zero-order valence-electron chi connectivity index (χ0n) is 9.79. The van der Waals surface area contributed by atoms with Gasteiger partial charge in [-0.2, -0.15) is 13.8 Å². The lowest BCUT2D eigenvalue weighted by atomic mass is 10.1. The Kier molecular flexibility index (Phi) is 3.11. The average molecular weight is 275 g/mol. The summed E-state index contributed by atoms with van der Waals surface area (Å²) in [6.45, 7) is 1.01. The maximum atomic E-state index is 13.8. The smallest absolute Gasteiger partial charge is 0.351 e. The normalized spacial score (nSPS) is 29.4. The van der Waals surface area contributed by atoms with Gasteiger partial charge >= 0.3 is 11.6 Å². The molecule has 0 aliphatic carbocycles. The third-order valence-electron chi connectivity index (χ3n) is 2.79. The molecule has 1 aromatic rings. The average Bonchev–Trinajstić information content (AvgIpc) is 2.52. The summed E-state index contributed by atoms with van der Waals surface area (Å²) < 4.78 is 32.9. The lowest BCUT2D eigenvalue weighted by Crippen LogP contribution is -2.42. The van der Waals surface area contributed by atoms with Crippen LogP contribution in [-0.4, -0.2) is 38.6 Å². The second-order valence-corrected chi connectivity index (χ2v) is 4.18. The summed E-state index contributed by atoms with van der Waals surface area (Å²) in [7, 11) is 0. The molecule has 1 aromatic heterocycles. The molecule has 1 fully saturated rings. The zero-order chi connectivity index (χ0) is 14.4. The number of nitrogens with zero attached hydrogens (tertiary/aromatic N) is 2. The summed E-state index contributed by atoms with van der Waals surface area (Å²) in [6.07, 6.45) is -5.14. The van der Waals surface area contributed by atoms with Gasteiger partial charge in [0.05, 0.1) is 0 Å². The minimum atomic E-state index is -3.79. The number of rotatable bonds is 2. The van der Waals surface area contributed by atoms with E-state index < -0.39 is 35.8 Å². The molecule has 0 bridgehead atoms. The van der Waals surface area contributed by atoms with Gasteiger partial charge in [0.2, 0.25) is 6.23 Å². The Hall–Kier alpha value is -1.87. The van der Waals surface area contributed by atoms with Crippen LogP contribution in [0.4, 0.5) is 14.6 Å². The van der Waals surface area contributed by atoms with Gasteiger partial charge in [0.15, 0.2) is 18.0 Å². The number of nitrogens with two attached hydrogens (primary N) is 1. The largest absolute Gasteiger partial charge is 0.383 e. The van der Waals surface area contributed by atoms with Crippen LogP contribution in [0.1, 0.15) is 13.2 Å². The summed E-state index contributed by atoms with van der Waals surface area (Å²) in [5.74, 6) is -4.69. The van der Waals surface area contributed by atoms with Gasteiger partial charge < -0.3 is 15.6 Å². The molecule has 9 heteroatoms. The van der Waals surface area contributed by atoms with E-state index >= 15 is 0 Å². The van der Waals surface area contributed by atoms with Crippen molar-refractivity contribution in [3.8, 4) is 0 Å². The molecule has 0 radical (unpaired) electrons. The molecule has 1 aliphatic heterocycles. The second-order valence-electron chi connectivity index (χ2n) is 4.18. The third-order valence-corrected chi connectivity index (χ3v) is 2.79. The van der Waals surface area contributed by atoms with Crippen LogP contribution >= 0.6 is 0 Å². The van der Waals surface area contributed by atoms with Crippen molar-refractivity contribution in [1.29, 1.82) is 0 Å². The van der Waals surface area contributed by atoms with Gasteiger partial charge in [0, 0.05) is 6.20 Å². The Labute approximate surface area is 105 Å². The molecule has 0 saturated carbocycles. The molecule has 1 aliphatic rings. The topological polar surface area (TPSA) is 107 Å². The van der Waals surface area contributed by atoms with Crippen molar-refractivity contribution >= 4 is 11.6 Å². The first kappa shape index (κ1) is 13.6. The highest BCUT2D eigenvalue weighted by Crippen LogP contribution is 2.42. The summed E-state index contributed by atoms with van der Waals surface area (Å²) >= 11 is 0. The number of ketones is 1. The lowest BCUT2D eigenvalue weighted by molar-refractivity contribution is -0.141. The number of carbonyl (C=O) groups excluding carboxylic acids is 1. The van der Waals surface area contributed by atoms with Gasteiger partial charge in [-0.15, -0.1) is 0 Å². The number of ether oxygens (including phenoxy) is 1. The van der Waals surface area contributed by atoms with Gasteiger partial charge in [-0.3, -0.25) is 9.36 Å². The number of aromatic nitrogens is 2. The van der Waals surface area contributed by atoms with Crippen molar-refractivity contribution in [2.45, 2.75) is 31.3 Å². The van der Waals surface area contributed by atoms with Gasteiger partial charge in [0.25, 0.3) is 0 Å². The summed E-state index contributed by atoms with van der Waals surface area (Å²) in [5.41, 5.74) is 4.19. The van der Waals surface area contributed by atoms with Crippen molar-refractivity contribution in [3.05, 3.63) is 22.7 Å². The Balaban J connectivity index is 2.45. The monoisotopic (exact) mass is 275 g/mol. The number of Topliss-reactive ketones (excluding diaryl/α,β-unsaturated/α-hetero) is 1. The molecule has 104 valence electrons. The quantitative estimate of drug-likeness (QED) is 0.739. The van der Waals surface area contributed by atoms with E-state index in [-0.39, 0.29) is 5.82 Å². The number of nitrogen functional groups attached to an aromatic ring is 1. The van der Waals surface area contributed by atoms with Crippen LogP contribution in [0.15, 0.2) is 17.1 Å². The highest BCUT2D eigenvalue weighted by Gasteiger charge is 2.60. The molecular formula is C10H11F2N3O4. The van der Waals surface area contributed by atoms with E-state index in [9.17, 15) is 23.5 Å². The van der Waals surface area contributed by atoms with Crippen molar-refractivity contribution in [2.24, 2.45) is 0 Å². The van der Waals surface area contributed by atoms with Crippen LogP contribution in [0.5, 0.6) is 0 Å². The molecule has 0 aromatic carbocycles. The number of aliphatic hydroxyl groups is 1. The Morgan fingerprint density at radius 1 is 1.63 bits per heavy atom. The minimum absolute atomic E-state index is 0.133. The number of hydrogen-bond donors (Lipinski definition) is 2. The number of anilines is 1. The van der Waals surface area contributed by atoms with E-state index in [1.165, 1.54) is 0 Å². The molecule has 7 nitrogen and oxygen atoms in total. The van der Waals surface area contributed by atoms with Gasteiger partial charge in [0.1, 0.15) is 5.82 Å². The van der Waals surface area contributed by atoms with Crippen LogP contribution < -0.4 is 11.4 Å². The zero-order valence-corrected chi connectivity index (χ0v) is 9.79. The van der Waals surface area contributed by atoms with Crippen molar-refractivity contribution in [3.63, 3.8) is 0 Å². The Morgan fingerprint density at radius 2 is 2.26 bits per heavy atom. The third kappa shape index (κ3) is 2.10. The Bertz CT molecular complexity index is 574. The number of carbonyl (C=O) groups is 1. The fraction of sp³-hybridized carbons (Fsp3) is 0.500. The predicted octanol–water partition coefficient (Wildman–Crippen LogP) is -0.692. The van der Waals surface area contributed by atoms with E-state index in [2.05, 4.69) is 4.98 Å². The maximum absolute atomic E-state index is 13.8. The molecule has 3 atom stereocenters. The second kappa shape index (κ2) is 4.35. The number of aliphatic hydroxyl groups excluding tert-OH is 1. The predicted molar refractivity (Wildman–Crippen MR) is 58.5 cm³/mol. The molecule has 0 amide bonds. The van der Waals surface area contributed by atoms with E-state index in [0.717, 1.165) is 19.2 Å². The fourth-order valence-corrected chi connectivity index (χ4v) is 1.83. The van der Waals surface area contributed by atoms with Crippen LogP contribution in [0, 0.1) is 0 Å². The van der Waals surface area contributed by atoms with E-state index in [1.54, 1.807) is 0 Å². The molecule has 2 rings (SSSR count). The van der Waals surface area contributed by atoms with Gasteiger partial charge in [-0.25, -0.2) is 4.79 Å². The molecule has 2 heterocycles. The van der Waals surface area contributed by atoms with Crippen LogP contribution in [-0.2, 0) is 9.53 Å². The summed E-state index contributed by atoms with van der Waals surface area (Å²) in [6, 6.07) is 1.13. The molecule has 1 saturated heterocycles. The van der Waals surface area contributed by atoms with Crippen molar-refractivity contribution < 1.29 is 23.4 Å². The lowest BCUT2D eigenvalue weighted by Gasteiger charge is -2.20. The van der Waals surface area contributed by atoms with Crippen LogP contribution in [0.25, 0.3) is 0 Å². The first-order chi connectivity index (χ1) is 8.75. The summed E-state index contributed by atoms with van der Waals surface area (Å²) in [4.78, 5) is 25.9. The number of alkyl halides is 2. The van der Waals surface area contributed by atoms with E-state index in [0.29, 0.717) is 4.57 Å². The van der Waals surface area contributed by atoms with E-state index in [1.807, 2.05) is 0 Å². The van der Waals surface area contributed by atoms with Crippen LogP contribution in [0.3, 0.4) is 0 Å². The first-order valence-corrected chi connectivity index (χ1v) is 5.31. The van der Waals surface area contributed by atoms with Gasteiger partial charge in [-0.1, -0.05) is 0 Å². The molecule has 0 unspecified atom stereocenters. The maximum Gasteiger partial charge on any atom is 0.351 e. The molecule has 19 heavy (non-hydrogen) atoms. The molecule has 0 spiro atoms. The first-order valence-electron chi connectivity index (χ1n) is 5.31. The summed E-state index contributed by atoms with van der Waals surface area (Å²) in [5, 5.41) is 9.41. The van der Waals surface area contributed by atoms with Crippen molar-refractivity contribution in [2.75, 3.05) is 5.73 Å². The van der Waals surface area contributed by atoms with Gasteiger partial charge in [-0.05, 0) is 13.0 Å². The van der Waals surface area contributed by atoms with E-state index in [4.69, 9.17) is 10.5 Å². The fourth-order valence-electron chi connectivity index (χ4n) is 1.83. The standard InChI is InChI=1S/C10H11F2N3O4/c1-4(16)6-7(17)10(11,12)8(19-6)15-3-2-5(13)14-9(15)18/h2-3,6-8,17H,1H3,(H2,13,14,18)/t6-,7-,8-/m1/s1. The Morgan fingerprint density at radius 3 is 2.74 bits per heavy atom. The molecule has 3 N–H and O–H groups in total. The number of halogens is 2. The van der Waals surface area contributed by atoms with Crippen molar-refractivity contribution in [1.82, 2.24) is 9.55 Å². The highest BCUT2D eigenvalue weighted by atomic mass is 19.3. The van der Waals surface area contributed by atoms with Crippen LogP contribution in [0.2, 0.25) is 0 Å². The molecular weight excluding hydrogens is 264 g/mol. The number of hydrogen-bond acceptors (Lipinski definition) is 6. The minimum Gasteiger partial charge on any atom is -0.383 e. The highest BCUT2D eigenvalue weighted by molar-refractivity contribution is 5.81.